The van der Waals surface area contributed by atoms with Crippen molar-refractivity contribution < 1.29 is 22.7 Å². The summed E-state index contributed by atoms with van der Waals surface area (Å²) < 4.78 is 34.6. The minimum atomic E-state index is -4.17. The molecule has 10 heteroatoms. The molecule has 4 aromatic carbocycles. The highest BCUT2D eigenvalue weighted by Crippen LogP contribution is 2.29. The second-order valence-corrected chi connectivity index (χ2v) is 11.4. The number of ether oxygens (including phenoxy) is 1. The van der Waals surface area contributed by atoms with Crippen LogP contribution >= 0.6 is 11.6 Å². The van der Waals surface area contributed by atoms with Gasteiger partial charge >= 0.3 is 0 Å². The molecule has 0 aliphatic heterocycles. The van der Waals surface area contributed by atoms with E-state index < -0.39 is 34.4 Å². The van der Waals surface area contributed by atoms with Crippen LogP contribution in [0.5, 0.6) is 11.5 Å². The van der Waals surface area contributed by atoms with E-state index in [0.717, 1.165) is 4.31 Å². The van der Waals surface area contributed by atoms with Gasteiger partial charge < -0.3 is 15.0 Å². The summed E-state index contributed by atoms with van der Waals surface area (Å²) in [6, 6.07) is 29.5. The summed E-state index contributed by atoms with van der Waals surface area (Å²) in [5.41, 5.74) is 0.881. The zero-order chi connectivity index (χ0) is 29.4. The van der Waals surface area contributed by atoms with Gasteiger partial charge in [-0.25, -0.2) is 8.42 Å². The number of hydrogen-bond donors (Lipinski definition) is 1. The second-order valence-electron chi connectivity index (χ2n) is 9.14. The first kappa shape index (κ1) is 29.6. The van der Waals surface area contributed by atoms with E-state index in [2.05, 4.69) is 5.32 Å². The molecular weight excluding hydrogens is 562 g/mol. The van der Waals surface area contributed by atoms with Crippen molar-refractivity contribution in [2.75, 3.05) is 17.9 Å². The van der Waals surface area contributed by atoms with Crippen molar-refractivity contribution in [3.63, 3.8) is 0 Å². The molecule has 8 nitrogen and oxygen atoms in total. The molecule has 0 bridgehead atoms. The number of para-hydroxylation sites is 1. The lowest BCUT2D eigenvalue weighted by Gasteiger charge is -2.32. The molecule has 4 aromatic rings. The van der Waals surface area contributed by atoms with Crippen molar-refractivity contribution in [2.24, 2.45) is 0 Å². The Bertz CT molecular complexity index is 1580. The summed E-state index contributed by atoms with van der Waals surface area (Å²) in [5, 5.41) is 2.98. The van der Waals surface area contributed by atoms with Crippen molar-refractivity contribution >= 4 is 39.1 Å². The van der Waals surface area contributed by atoms with E-state index in [4.69, 9.17) is 16.3 Å². The van der Waals surface area contributed by atoms with Gasteiger partial charge in [-0.05, 0) is 67.1 Å². The van der Waals surface area contributed by atoms with Crippen LogP contribution in [-0.4, -0.2) is 44.8 Å². The Kier molecular flexibility index (Phi) is 9.65. The van der Waals surface area contributed by atoms with Gasteiger partial charge in [-0.1, -0.05) is 66.2 Å². The standard InChI is InChI=1S/C31H30ClN3O5S/c1-23(31(37)33-2)34(21-24-11-9-10-16-29(24)32)30(36)22-35(41(38,39)28-14-7-4-8-15-28)25-17-19-27(20-18-25)40-26-12-5-3-6-13-26/h3-20,23H,21-22H2,1-2H3,(H,33,37). The smallest absolute Gasteiger partial charge is 0.264 e. The molecule has 0 aromatic heterocycles. The van der Waals surface area contributed by atoms with Crippen LogP contribution in [0.15, 0.2) is 114 Å². The number of nitrogens with one attached hydrogen (secondary N) is 1. The van der Waals surface area contributed by atoms with Crippen LogP contribution in [0.25, 0.3) is 0 Å². The Morgan fingerprint density at radius 1 is 0.829 bits per heavy atom. The summed E-state index contributed by atoms with van der Waals surface area (Å²) in [6.07, 6.45) is 0. The van der Waals surface area contributed by atoms with Crippen LogP contribution in [0.3, 0.4) is 0 Å². The number of amides is 2. The summed E-state index contributed by atoms with van der Waals surface area (Å²) in [5.74, 6) is 0.148. The molecular formula is C31H30ClN3O5S. The molecule has 1 N–H and O–H groups in total. The first-order valence-electron chi connectivity index (χ1n) is 12.9. The lowest BCUT2D eigenvalue weighted by Crippen LogP contribution is -2.50. The third-order valence-corrected chi connectivity index (χ3v) is 8.58. The first-order chi connectivity index (χ1) is 19.7. The lowest BCUT2D eigenvalue weighted by atomic mass is 10.1. The Hall–Kier alpha value is -4.34. The number of sulfonamides is 1. The Labute approximate surface area is 245 Å². The minimum Gasteiger partial charge on any atom is -0.457 e. The van der Waals surface area contributed by atoms with E-state index >= 15 is 0 Å². The second kappa shape index (κ2) is 13.3. The monoisotopic (exact) mass is 591 g/mol. The number of benzene rings is 4. The van der Waals surface area contributed by atoms with Gasteiger partial charge in [0, 0.05) is 18.6 Å². The van der Waals surface area contributed by atoms with Crippen LogP contribution in [0.2, 0.25) is 5.02 Å². The zero-order valence-corrected chi connectivity index (χ0v) is 24.2. The summed E-state index contributed by atoms with van der Waals surface area (Å²) >= 11 is 6.36. The normalized spacial score (nSPS) is 11.8. The van der Waals surface area contributed by atoms with Gasteiger partial charge in [0.25, 0.3) is 10.0 Å². The molecule has 0 aliphatic carbocycles. The molecule has 1 atom stereocenters. The van der Waals surface area contributed by atoms with E-state index in [1.54, 1.807) is 85.8 Å². The largest absolute Gasteiger partial charge is 0.457 e. The molecule has 0 radical (unpaired) electrons. The Morgan fingerprint density at radius 3 is 2.00 bits per heavy atom. The maximum atomic E-state index is 13.9. The average Bonchev–Trinajstić information content (AvgIpc) is 3.00. The minimum absolute atomic E-state index is 0.0101. The van der Waals surface area contributed by atoms with E-state index in [1.165, 1.54) is 24.1 Å². The van der Waals surface area contributed by atoms with Gasteiger partial charge in [0.1, 0.15) is 24.1 Å². The fraction of sp³-hybridized carbons (Fsp3) is 0.161. The fourth-order valence-electron chi connectivity index (χ4n) is 4.16. The Morgan fingerprint density at radius 2 is 1.39 bits per heavy atom. The highest BCUT2D eigenvalue weighted by molar-refractivity contribution is 7.92. The maximum absolute atomic E-state index is 13.9. The molecule has 0 aliphatic rings. The van der Waals surface area contributed by atoms with Crippen LogP contribution in [0.4, 0.5) is 5.69 Å². The number of halogens is 1. The molecule has 0 saturated carbocycles. The summed E-state index contributed by atoms with van der Waals surface area (Å²) in [4.78, 5) is 27.8. The van der Waals surface area contributed by atoms with Crippen LogP contribution < -0.4 is 14.4 Å². The SMILES string of the molecule is CNC(=O)C(C)N(Cc1ccccc1Cl)C(=O)CN(c1ccc(Oc2ccccc2)cc1)S(=O)(=O)c1ccccc1. The van der Waals surface area contributed by atoms with Crippen LogP contribution in [0, 0.1) is 0 Å². The zero-order valence-electron chi connectivity index (χ0n) is 22.6. The maximum Gasteiger partial charge on any atom is 0.264 e. The molecule has 0 saturated heterocycles. The summed E-state index contributed by atoms with van der Waals surface area (Å²) in [7, 11) is -2.69. The number of carbonyl (C=O) groups is 2. The molecule has 2 amide bonds. The van der Waals surface area contributed by atoms with Gasteiger partial charge in [0.15, 0.2) is 0 Å². The quantitative estimate of drug-likeness (QED) is 0.249. The molecule has 212 valence electrons. The van der Waals surface area contributed by atoms with Crippen molar-refractivity contribution in [2.45, 2.75) is 24.4 Å². The Balaban J connectivity index is 1.69. The predicted octanol–water partition coefficient (Wildman–Crippen LogP) is 5.49. The van der Waals surface area contributed by atoms with Gasteiger partial charge in [0.2, 0.25) is 11.8 Å². The van der Waals surface area contributed by atoms with Gasteiger partial charge in [-0.2, -0.15) is 0 Å². The number of nitrogens with zero attached hydrogens (tertiary/aromatic N) is 2. The molecule has 4 rings (SSSR count). The van der Waals surface area contributed by atoms with E-state index in [0.29, 0.717) is 22.1 Å². The van der Waals surface area contributed by atoms with Crippen LogP contribution in [-0.2, 0) is 26.2 Å². The number of hydrogen-bond acceptors (Lipinski definition) is 5. The van der Waals surface area contributed by atoms with Crippen molar-refractivity contribution in [1.29, 1.82) is 0 Å². The highest BCUT2D eigenvalue weighted by Gasteiger charge is 2.32. The van der Waals surface area contributed by atoms with Crippen LogP contribution in [0.1, 0.15) is 12.5 Å². The number of likely N-dealkylation sites (N-methyl/N-ethyl adjacent to an activating group) is 1. The van der Waals surface area contributed by atoms with Crippen molar-refractivity contribution in [1.82, 2.24) is 10.2 Å². The van der Waals surface area contributed by atoms with Gasteiger partial charge in [-0.15, -0.1) is 0 Å². The number of rotatable bonds is 11. The average molecular weight is 592 g/mol. The van der Waals surface area contributed by atoms with E-state index in [9.17, 15) is 18.0 Å². The number of carbonyl (C=O) groups excluding carboxylic acids is 2. The lowest BCUT2D eigenvalue weighted by molar-refractivity contribution is -0.139. The predicted molar refractivity (Wildman–Crippen MR) is 159 cm³/mol. The van der Waals surface area contributed by atoms with Gasteiger partial charge in [0.05, 0.1) is 10.6 Å². The molecule has 0 heterocycles. The van der Waals surface area contributed by atoms with Crippen molar-refractivity contribution in [3.8, 4) is 11.5 Å². The topological polar surface area (TPSA) is 96.0 Å². The highest BCUT2D eigenvalue weighted by atomic mass is 35.5. The third-order valence-electron chi connectivity index (χ3n) is 6.43. The summed E-state index contributed by atoms with van der Waals surface area (Å²) in [6.45, 7) is 1.04. The fourth-order valence-corrected chi connectivity index (χ4v) is 5.79. The molecule has 41 heavy (non-hydrogen) atoms. The molecule has 0 fully saturated rings. The van der Waals surface area contributed by atoms with E-state index in [1.807, 2.05) is 18.2 Å². The van der Waals surface area contributed by atoms with Gasteiger partial charge in [-0.3, -0.25) is 13.9 Å². The third kappa shape index (κ3) is 7.25. The number of anilines is 1. The molecule has 1 unspecified atom stereocenters. The molecule has 0 spiro atoms. The first-order valence-corrected chi connectivity index (χ1v) is 14.7. The van der Waals surface area contributed by atoms with E-state index in [-0.39, 0.29) is 17.1 Å². The van der Waals surface area contributed by atoms with Crippen molar-refractivity contribution in [3.05, 3.63) is 120 Å².